The van der Waals surface area contributed by atoms with Crippen LogP contribution in [0.4, 0.5) is 5.82 Å². The van der Waals surface area contributed by atoms with Crippen molar-refractivity contribution < 1.29 is 0 Å². The molecule has 1 unspecified atom stereocenters. The molecule has 17 heavy (non-hydrogen) atoms. The van der Waals surface area contributed by atoms with Crippen LogP contribution in [0.2, 0.25) is 0 Å². The van der Waals surface area contributed by atoms with Crippen LogP contribution in [0.15, 0.2) is 34.4 Å². The average molecular weight is 235 g/mol. The highest BCUT2D eigenvalue weighted by Crippen LogP contribution is 2.09. The normalized spacial score (nSPS) is 12.5. The number of nitrogens with one attached hydrogen (secondary N) is 1. The first-order valence-electron chi connectivity index (χ1n) is 5.15. The number of aromatic nitrogens is 4. The van der Waals surface area contributed by atoms with Gasteiger partial charge in [-0.05, 0) is 6.92 Å². The average Bonchev–Trinajstić information content (AvgIpc) is 2.68. The summed E-state index contributed by atoms with van der Waals surface area (Å²) in [6.07, 6.45) is 5.11. The maximum Gasteiger partial charge on any atom is 0.330 e. The Kier molecular flexibility index (Phi) is 2.82. The number of imidazole rings is 1. The minimum absolute atomic E-state index is 0.159. The number of nitrogens with zero attached hydrogens (tertiary/aromatic N) is 3. The third kappa shape index (κ3) is 2.27. The predicted octanol–water partition coefficient (Wildman–Crippen LogP) is -0.423. The minimum atomic E-state index is -0.498. The Balaban J connectivity index is 2.34. The number of H-pyrrole nitrogens is 1. The van der Waals surface area contributed by atoms with Crippen LogP contribution in [0.25, 0.3) is 0 Å². The monoisotopic (exact) mass is 235 g/mol. The van der Waals surface area contributed by atoms with Gasteiger partial charge in [0.25, 0.3) is 5.56 Å². The van der Waals surface area contributed by atoms with Crippen LogP contribution in [-0.2, 0) is 6.54 Å². The van der Waals surface area contributed by atoms with Gasteiger partial charge in [-0.15, -0.1) is 0 Å². The van der Waals surface area contributed by atoms with Crippen molar-refractivity contribution in [3.05, 3.63) is 45.6 Å². The number of hydrogen-bond donors (Lipinski definition) is 2. The lowest BCUT2D eigenvalue weighted by Gasteiger charge is -2.17. The first-order valence-corrected chi connectivity index (χ1v) is 5.15. The van der Waals surface area contributed by atoms with Crippen LogP contribution in [0, 0.1) is 0 Å². The minimum Gasteiger partial charge on any atom is -0.385 e. The molecule has 0 aliphatic rings. The van der Waals surface area contributed by atoms with E-state index < -0.39 is 11.2 Å². The van der Waals surface area contributed by atoms with E-state index in [-0.39, 0.29) is 11.9 Å². The molecule has 0 fully saturated rings. The van der Waals surface area contributed by atoms with E-state index in [0.29, 0.717) is 6.54 Å². The van der Waals surface area contributed by atoms with Gasteiger partial charge >= 0.3 is 5.69 Å². The number of aromatic amines is 1. The smallest absolute Gasteiger partial charge is 0.330 e. The molecule has 0 amide bonds. The standard InChI is InChI=1S/C10H13N5O2/c1-7(5-14-3-2-12-6-14)15-8(11)4-9(16)13-10(15)17/h2-4,6-7H,5,11H2,1H3,(H,13,16,17). The van der Waals surface area contributed by atoms with Crippen molar-refractivity contribution in [2.45, 2.75) is 19.5 Å². The van der Waals surface area contributed by atoms with Gasteiger partial charge in [0, 0.05) is 25.0 Å². The molecule has 0 saturated carbocycles. The summed E-state index contributed by atoms with van der Waals surface area (Å²) in [7, 11) is 0. The summed E-state index contributed by atoms with van der Waals surface area (Å²) in [5, 5.41) is 0. The Labute approximate surface area is 96.5 Å². The van der Waals surface area contributed by atoms with Crippen LogP contribution in [0.3, 0.4) is 0 Å². The molecule has 0 spiro atoms. The van der Waals surface area contributed by atoms with E-state index in [1.54, 1.807) is 18.7 Å². The van der Waals surface area contributed by atoms with Crippen molar-refractivity contribution >= 4 is 5.82 Å². The molecule has 2 rings (SSSR count). The molecular weight excluding hydrogens is 222 g/mol. The molecule has 0 aromatic carbocycles. The van der Waals surface area contributed by atoms with Gasteiger partial charge < -0.3 is 10.3 Å². The van der Waals surface area contributed by atoms with Crippen molar-refractivity contribution in [1.29, 1.82) is 0 Å². The Hall–Kier alpha value is -2.31. The number of anilines is 1. The first-order chi connectivity index (χ1) is 8.08. The second kappa shape index (κ2) is 4.28. The fourth-order valence-electron chi connectivity index (χ4n) is 1.76. The molecule has 2 aromatic rings. The summed E-state index contributed by atoms with van der Waals surface area (Å²) in [4.78, 5) is 28.8. The van der Waals surface area contributed by atoms with Crippen molar-refractivity contribution in [3.8, 4) is 0 Å². The Morgan fingerprint density at radius 3 is 2.88 bits per heavy atom. The zero-order valence-electron chi connectivity index (χ0n) is 9.33. The largest absolute Gasteiger partial charge is 0.385 e. The molecule has 0 bridgehead atoms. The zero-order chi connectivity index (χ0) is 12.4. The number of rotatable bonds is 3. The molecule has 0 aliphatic carbocycles. The maximum absolute atomic E-state index is 11.6. The van der Waals surface area contributed by atoms with Crippen molar-refractivity contribution in [2.75, 3.05) is 5.73 Å². The second-order valence-corrected chi connectivity index (χ2v) is 3.84. The van der Waals surface area contributed by atoms with Gasteiger partial charge in [0.1, 0.15) is 5.82 Å². The highest BCUT2D eigenvalue weighted by Gasteiger charge is 2.11. The van der Waals surface area contributed by atoms with Gasteiger partial charge in [-0.25, -0.2) is 9.78 Å². The number of nitrogen functional groups attached to an aromatic ring is 1. The van der Waals surface area contributed by atoms with E-state index in [0.717, 1.165) is 0 Å². The van der Waals surface area contributed by atoms with Gasteiger partial charge in [0.05, 0.1) is 12.4 Å². The van der Waals surface area contributed by atoms with E-state index in [2.05, 4.69) is 9.97 Å². The Morgan fingerprint density at radius 1 is 1.53 bits per heavy atom. The molecule has 7 nitrogen and oxygen atoms in total. The lowest BCUT2D eigenvalue weighted by atomic mass is 10.3. The topological polar surface area (TPSA) is 98.7 Å². The molecule has 90 valence electrons. The molecule has 2 aromatic heterocycles. The van der Waals surface area contributed by atoms with E-state index >= 15 is 0 Å². The van der Waals surface area contributed by atoms with E-state index in [1.807, 2.05) is 11.5 Å². The third-order valence-electron chi connectivity index (χ3n) is 2.48. The first kappa shape index (κ1) is 11.2. The molecule has 2 heterocycles. The van der Waals surface area contributed by atoms with Gasteiger partial charge in [-0.3, -0.25) is 14.3 Å². The zero-order valence-corrected chi connectivity index (χ0v) is 9.33. The summed E-state index contributed by atoms with van der Waals surface area (Å²) in [5.74, 6) is 0.159. The van der Waals surface area contributed by atoms with Crippen molar-refractivity contribution in [3.63, 3.8) is 0 Å². The third-order valence-corrected chi connectivity index (χ3v) is 2.48. The molecule has 0 aliphatic heterocycles. The molecule has 1 atom stereocenters. The van der Waals surface area contributed by atoms with E-state index in [1.165, 1.54) is 10.6 Å². The van der Waals surface area contributed by atoms with Crippen LogP contribution in [0.1, 0.15) is 13.0 Å². The fourth-order valence-corrected chi connectivity index (χ4v) is 1.76. The lowest BCUT2D eigenvalue weighted by molar-refractivity contribution is 0.450. The number of nitrogens with two attached hydrogens (primary N) is 1. The van der Waals surface area contributed by atoms with Gasteiger partial charge in [-0.1, -0.05) is 0 Å². The Bertz CT molecular complexity index is 610. The Morgan fingerprint density at radius 2 is 2.29 bits per heavy atom. The van der Waals surface area contributed by atoms with Crippen LogP contribution >= 0.6 is 0 Å². The van der Waals surface area contributed by atoms with Crippen molar-refractivity contribution in [2.24, 2.45) is 0 Å². The van der Waals surface area contributed by atoms with Crippen LogP contribution in [-0.4, -0.2) is 19.1 Å². The van der Waals surface area contributed by atoms with Gasteiger partial charge in [-0.2, -0.15) is 0 Å². The van der Waals surface area contributed by atoms with E-state index in [4.69, 9.17) is 5.73 Å². The lowest BCUT2D eigenvalue weighted by Crippen LogP contribution is -2.34. The summed E-state index contributed by atoms with van der Waals surface area (Å²) in [6, 6.07) is 1.03. The second-order valence-electron chi connectivity index (χ2n) is 3.84. The van der Waals surface area contributed by atoms with Gasteiger partial charge in [0.15, 0.2) is 0 Å². The molecular formula is C10H13N5O2. The van der Waals surface area contributed by atoms with Crippen molar-refractivity contribution in [1.82, 2.24) is 19.1 Å². The fraction of sp³-hybridized carbons (Fsp3) is 0.300. The molecule has 0 saturated heterocycles. The highest BCUT2D eigenvalue weighted by atomic mass is 16.2. The summed E-state index contributed by atoms with van der Waals surface area (Å²) in [5.41, 5.74) is 4.69. The predicted molar refractivity (Wildman–Crippen MR) is 62.7 cm³/mol. The summed E-state index contributed by atoms with van der Waals surface area (Å²) in [6.45, 7) is 2.40. The molecule has 0 radical (unpaired) electrons. The summed E-state index contributed by atoms with van der Waals surface area (Å²) < 4.78 is 3.18. The SMILES string of the molecule is CC(Cn1ccnc1)n1c(N)cc(=O)[nH]c1=O. The summed E-state index contributed by atoms with van der Waals surface area (Å²) >= 11 is 0. The molecule has 3 N–H and O–H groups in total. The highest BCUT2D eigenvalue weighted by molar-refractivity contribution is 5.26. The van der Waals surface area contributed by atoms with Crippen LogP contribution < -0.4 is 17.0 Å². The quantitative estimate of drug-likeness (QED) is 0.754. The number of hydrogen-bond acceptors (Lipinski definition) is 4. The molecule has 7 heteroatoms. The maximum atomic E-state index is 11.6. The van der Waals surface area contributed by atoms with Crippen LogP contribution in [0.5, 0.6) is 0 Å². The van der Waals surface area contributed by atoms with Gasteiger partial charge in [0.2, 0.25) is 0 Å². The van der Waals surface area contributed by atoms with E-state index in [9.17, 15) is 9.59 Å².